The Balaban J connectivity index is 1.63. The molecule has 2 aromatic heterocycles. The lowest BCUT2D eigenvalue weighted by Gasteiger charge is -2.36. The van der Waals surface area contributed by atoms with Crippen molar-refractivity contribution < 1.29 is 9.18 Å². The van der Waals surface area contributed by atoms with E-state index in [0.29, 0.717) is 31.1 Å². The highest BCUT2D eigenvalue weighted by molar-refractivity contribution is 5.97. The standard InChI is InChI=1S/C21H24FN5O/c1-14(2)13-27-20-16(11-25-27)8-17(10-24-20)21(28)26-7-6-23-12-19(26)15-4-3-5-18(22)9-15/h3-5,8-11,14,19,23H,6-7,12-13H2,1-2H3. The van der Waals surface area contributed by atoms with E-state index in [-0.39, 0.29) is 17.8 Å². The molecular formula is C21H24FN5O. The van der Waals surface area contributed by atoms with Gasteiger partial charge in [-0.2, -0.15) is 5.10 Å². The molecule has 1 N–H and O–H groups in total. The molecule has 0 bridgehead atoms. The van der Waals surface area contributed by atoms with Crippen LogP contribution >= 0.6 is 0 Å². The Morgan fingerprint density at radius 2 is 2.18 bits per heavy atom. The van der Waals surface area contributed by atoms with Gasteiger partial charge in [-0.3, -0.25) is 4.79 Å². The summed E-state index contributed by atoms with van der Waals surface area (Å²) in [6.07, 6.45) is 3.37. The number of hydrogen-bond acceptors (Lipinski definition) is 4. The van der Waals surface area contributed by atoms with E-state index in [1.807, 2.05) is 16.8 Å². The van der Waals surface area contributed by atoms with Crippen molar-refractivity contribution in [2.45, 2.75) is 26.4 Å². The number of pyridine rings is 1. The van der Waals surface area contributed by atoms with Gasteiger partial charge < -0.3 is 10.2 Å². The molecule has 7 heteroatoms. The minimum Gasteiger partial charge on any atom is -0.329 e. The van der Waals surface area contributed by atoms with E-state index in [0.717, 1.165) is 23.1 Å². The minimum atomic E-state index is -0.295. The molecule has 1 aromatic carbocycles. The number of nitrogens with one attached hydrogen (secondary N) is 1. The average molecular weight is 381 g/mol. The van der Waals surface area contributed by atoms with Gasteiger partial charge in [-0.1, -0.05) is 26.0 Å². The lowest BCUT2D eigenvalue weighted by Crippen LogP contribution is -2.48. The zero-order chi connectivity index (χ0) is 19.7. The van der Waals surface area contributed by atoms with Gasteiger partial charge in [-0.25, -0.2) is 14.1 Å². The van der Waals surface area contributed by atoms with Gasteiger partial charge in [0.05, 0.1) is 17.8 Å². The van der Waals surface area contributed by atoms with Crippen LogP contribution in [0.5, 0.6) is 0 Å². The number of fused-ring (bicyclic) bond motifs is 1. The van der Waals surface area contributed by atoms with Crippen molar-refractivity contribution in [3.05, 3.63) is 59.7 Å². The molecule has 0 spiro atoms. The van der Waals surface area contributed by atoms with Gasteiger partial charge in [0.2, 0.25) is 0 Å². The third kappa shape index (κ3) is 3.62. The van der Waals surface area contributed by atoms with E-state index < -0.39 is 0 Å². The predicted octanol–water partition coefficient (Wildman–Crippen LogP) is 3.01. The summed E-state index contributed by atoms with van der Waals surface area (Å²) in [6, 6.07) is 8.08. The number of carbonyl (C=O) groups is 1. The molecule has 1 atom stereocenters. The fourth-order valence-electron chi connectivity index (χ4n) is 3.69. The lowest BCUT2D eigenvalue weighted by atomic mass is 10.0. The second-order valence-corrected chi connectivity index (χ2v) is 7.63. The number of amides is 1. The number of nitrogens with zero attached hydrogens (tertiary/aromatic N) is 4. The summed E-state index contributed by atoms with van der Waals surface area (Å²) in [6.45, 7) is 6.90. The Morgan fingerprint density at radius 3 is 2.96 bits per heavy atom. The number of hydrogen-bond donors (Lipinski definition) is 1. The van der Waals surface area contributed by atoms with Gasteiger partial charge >= 0.3 is 0 Å². The number of halogens is 1. The number of benzene rings is 1. The summed E-state index contributed by atoms with van der Waals surface area (Å²) >= 11 is 0. The van der Waals surface area contributed by atoms with E-state index >= 15 is 0 Å². The number of aromatic nitrogens is 3. The Bertz CT molecular complexity index is 999. The largest absolute Gasteiger partial charge is 0.329 e. The molecule has 6 nitrogen and oxygen atoms in total. The third-order valence-electron chi connectivity index (χ3n) is 5.00. The summed E-state index contributed by atoms with van der Waals surface area (Å²) < 4.78 is 15.6. The molecule has 0 saturated carbocycles. The summed E-state index contributed by atoms with van der Waals surface area (Å²) in [5.41, 5.74) is 2.10. The summed E-state index contributed by atoms with van der Waals surface area (Å²) in [7, 11) is 0. The van der Waals surface area contributed by atoms with Crippen molar-refractivity contribution in [2.24, 2.45) is 5.92 Å². The second kappa shape index (κ2) is 7.67. The van der Waals surface area contributed by atoms with Crippen LogP contribution in [0, 0.1) is 11.7 Å². The van der Waals surface area contributed by atoms with E-state index in [9.17, 15) is 9.18 Å². The van der Waals surface area contributed by atoms with Crippen molar-refractivity contribution in [1.82, 2.24) is 25.0 Å². The average Bonchev–Trinajstić information content (AvgIpc) is 3.09. The maximum Gasteiger partial charge on any atom is 0.256 e. The number of carbonyl (C=O) groups excluding carboxylic acids is 1. The zero-order valence-corrected chi connectivity index (χ0v) is 16.1. The molecule has 28 heavy (non-hydrogen) atoms. The molecule has 0 radical (unpaired) electrons. The summed E-state index contributed by atoms with van der Waals surface area (Å²) in [5.74, 6) is 0.0666. The van der Waals surface area contributed by atoms with E-state index in [1.165, 1.54) is 12.1 Å². The van der Waals surface area contributed by atoms with Gasteiger partial charge in [0.15, 0.2) is 5.65 Å². The Kier molecular flexibility index (Phi) is 5.09. The van der Waals surface area contributed by atoms with E-state index in [4.69, 9.17) is 0 Å². The van der Waals surface area contributed by atoms with Crippen molar-refractivity contribution in [3.8, 4) is 0 Å². The second-order valence-electron chi connectivity index (χ2n) is 7.63. The van der Waals surface area contributed by atoms with Crippen molar-refractivity contribution in [3.63, 3.8) is 0 Å². The van der Waals surface area contributed by atoms with E-state index in [1.54, 1.807) is 23.4 Å². The fourth-order valence-corrected chi connectivity index (χ4v) is 3.69. The fraction of sp³-hybridized carbons (Fsp3) is 0.381. The van der Waals surface area contributed by atoms with Crippen LogP contribution < -0.4 is 5.32 Å². The van der Waals surface area contributed by atoms with Crippen molar-refractivity contribution >= 4 is 16.9 Å². The van der Waals surface area contributed by atoms with Gasteiger partial charge in [0.1, 0.15) is 5.82 Å². The molecule has 4 rings (SSSR count). The normalized spacial score (nSPS) is 17.4. The molecular weight excluding hydrogens is 357 g/mol. The molecule has 1 unspecified atom stereocenters. The van der Waals surface area contributed by atoms with Gasteiger partial charge in [-0.05, 0) is 29.7 Å². The Morgan fingerprint density at radius 1 is 1.32 bits per heavy atom. The smallest absolute Gasteiger partial charge is 0.256 e. The van der Waals surface area contributed by atoms with Crippen molar-refractivity contribution in [1.29, 1.82) is 0 Å². The molecule has 1 fully saturated rings. The molecule has 3 heterocycles. The lowest BCUT2D eigenvalue weighted by molar-refractivity contribution is 0.0633. The first-order valence-corrected chi connectivity index (χ1v) is 9.61. The highest BCUT2D eigenvalue weighted by Gasteiger charge is 2.29. The molecule has 3 aromatic rings. The first-order valence-electron chi connectivity index (χ1n) is 9.61. The monoisotopic (exact) mass is 381 g/mol. The van der Waals surface area contributed by atoms with Gasteiger partial charge in [0.25, 0.3) is 5.91 Å². The highest BCUT2D eigenvalue weighted by Crippen LogP contribution is 2.25. The summed E-state index contributed by atoms with van der Waals surface area (Å²) in [4.78, 5) is 19.5. The van der Waals surface area contributed by atoms with E-state index in [2.05, 4.69) is 29.2 Å². The van der Waals surface area contributed by atoms with Crippen LogP contribution in [0.15, 0.2) is 42.7 Å². The first-order chi connectivity index (χ1) is 13.5. The zero-order valence-electron chi connectivity index (χ0n) is 16.1. The minimum absolute atomic E-state index is 0.0956. The SMILES string of the molecule is CC(C)Cn1ncc2cc(C(=O)N3CCNCC3c3cccc(F)c3)cnc21. The number of piperazine rings is 1. The predicted molar refractivity (Wildman–Crippen MR) is 105 cm³/mol. The third-order valence-corrected chi connectivity index (χ3v) is 5.00. The van der Waals surface area contributed by atoms with Gasteiger partial charge in [-0.15, -0.1) is 0 Å². The van der Waals surface area contributed by atoms with Gasteiger partial charge in [0, 0.05) is 37.8 Å². The van der Waals surface area contributed by atoms with Crippen LogP contribution in [-0.4, -0.2) is 45.2 Å². The number of rotatable bonds is 4. The van der Waals surface area contributed by atoms with Crippen LogP contribution in [0.25, 0.3) is 11.0 Å². The first kappa shape index (κ1) is 18.6. The van der Waals surface area contributed by atoms with Crippen LogP contribution in [0.3, 0.4) is 0 Å². The van der Waals surface area contributed by atoms with Crippen molar-refractivity contribution in [2.75, 3.05) is 19.6 Å². The highest BCUT2D eigenvalue weighted by atomic mass is 19.1. The summed E-state index contributed by atoms with van der Waals surface area (Å²) in [5, 5.41) is 8.54. The van der Waals surface area contributed by atoms with Crippen LogP contribution in [0.2, 0.25) is 0 Å². The van der Waals surface area contributed by atoms with Crippen LogP contribution in [0.4, 0.5) is 4.39 Å². The molecule has 1 amide bonds. The maximum atomic E-state index is 13.7. The Labute approximate surface area is 163 Å². The molecule has 146 valence electrons. The molecule has 1 aliphatic rings. The maximum absolute atomic E-state index is 13.7. The topological polar surface area (TPSA) is 63.1 Å². The molecule has 0 aliphatic carbocycles. The molecule has 1 saturated heterocycles. The molecule has 1 aliphatic heterocycles. The van der Waals surface area contributed by atoms with Crippen LogP contribution in [0.1, 0.15) is 35.8 Å². The Hall–Kier alpha value is -2.80. The van der Waals surface area contributed by atoms with Crippen LogP contribution in [-0.2, 0) is 6.54 Å². The quantitative estimate of drug-likeness (QED) is 0.755.